The van der Waals surface area contributed by atoms with Crippen LogP contribution in [0, 0.1) is 6.92 Å². The Kier molecular flexibility index (Phi) is 3.44. The van der Waals surface area contributed by atoms with Gasteiger partial charge in [0.2, 0.25) is 0 Å². The zero-order valence-corrected chi connectivity index (χ0v) is 9.56. The van der Waals surface area contributed by atoms with Crippen LogP contribution in [-0.2, 0) is 0 Å². The second kappa shape index (κ2) is 5.01. The van der Waals surface area contributed by atoms with Crippen molar-refractivity contribution in [1.29, 1.82) is 0 Å². The number of nitrogen functional groups attached to an aromatic ring is 1. The molecule has 0 bridgehead atoms. The number of alkyl halides is 1. The Morgan fingerprint density at radius 2 is 2.06 bits per heavy atom. The minimum atomic E-state index is -1.10. The van der Waals surface area contributed by atoms with Crippen molar-refractivity contribution in [1.82, 2.24) is 0 Å². The minimum Gasteiger partial charge on any atom is -0.483 e. The summed E-state index contributed by atoms with van der Waals surface area (Å²) in [4.78, 5) is 0. The van der Waals surface area contributed by atoms with Gasteiger partial charge in [-0.3, -0.25) is 5.84 Å². The van der Waals surface area contributed by atoms with Gasteiger partial charge < -0.3 is 10.2 Å². The van der Waals surface area contributed by atoms with Crippen LogP contribution >= 0.6 is 0 Å². The molecule has 0 saturated heterocycles. The zero-order chi connectivity index (χ0) is 12.3. The molecule has 2 atom stereocenters. The highest BCUT2D eigenvalue weighted by Crippen LogP contribution is 2.24. The van der Waals surface area contributed by atoms with Gasteiger partial charge in [-0.2, -0.15) is 0 Å². The van der Waals surface area contributed by atoms with Crippen LogP contribution in [0.2, 0.25) is 0 Å². The van der Waals surface area contributed by atoms with Crippen LogP contribution in [0.15, 0.2) is 42.5 Å². The Morgan fingerprint density at radius 3 is 2.71 bits per heavy atom. The number of halogens is 1. The van der Waals surface area contributed by atoms with Gasteiger partial charge in [0.25, 0.3) is 0 Å². The summed E-state index contributed by atoms with van der Waals surface area (Å²) >= 11 is 0. The summed E-state index contributed by atoms with van der Waals surface area (Å²) in [5.41, 5.74) is 4.26. The molecule has 17 heavy (non-hydrogen) atoms. The Bertz CT molecular complexity index is 457. The van der Waals surface area contributed by atoms with Gasteiger partial charge in [-0.05, 0) is 42.8 Å². The second-order valence-electron chi connectivity index (χ2n) is 3.92. The molecule has 4 heteroatoms. The highest BCUT2D eigenvalue weighted by molar-refractivity contribution is 5.50. The molecule has 0 radical (unpaired) electrons. The molecule has 0 spiro atoms. The highest BCUT2D eigenvalue weighted by atomic mass is 19.1. The van der Waals surface area contributed by atoms with E-state index in [1.807, 2.05) is 13.0 Å². The maximum absolute atomic E-state index is 13.5. The second-order valence-corrected chi connectivity index (χ2v) is 3.92. The lowest BCUT2D eigenvalue weighted by molar-refractivity contribution is 0.163. The van der Waals surface area contributed by atoms with Crippen molar-refractivity contribution in [2.75, 3.05) is 5.43 Å². The van der Waals surface area contributed by atoms with Crippen molar-refractivity contribution in [3.05, 3.63) is 48.1 Å². The minimum absolute atomic E-state index is 0.560. The molecular weight excluding hydrogens is 219 g/mol. The highest BCUT2D eigenvalue weighted by Gasteiger charge is 2.19. The molecule has 3 N–H and O–H groups in total. The van der Waals surface area contributed by atoms with Crippen LogP contribution in [0.4, 0.5) is 10.1 Å². The molecule has 90 valence electrons. The van der Waals surface area contributed by atoms with Gasteiger partial charge >= 0.3 is 0 Å². The number of benzene rings is 1. The van der Waals surface area contributed by atoms with Crippen LogP contribution in [0.25, 0.3) is 0 Å². The third-order valence-corrected chi connectivity index (χ3v) is 2.63. The predicted molar refractivity (Wildman–Crippen MR) is 66.6 cm³/mol. The van der Waals surface area contributed by atoms with Crippen molar-refractivity contribution < 1.29 is 9.13 Å². The van der Waals surface area contributed by atoms with Crippen LogP contribution in [0.3, 0.4) is 0 Å². The maximum Gasteiger partial charge on any atom is 0.159 e. The Morgan fingerprint density at radius 1 is 1.29 bits per heavy atom. The fraction of sp³-hybridized carbons (Fsp3) is 0.231. The van der Waals surface area contributed by atoms with Gasteiger partial charge in [0.1, 0.15) is 5.75 Å². The molecule has 1 aromatic rings. The molecule has 1 aliphatic carbocycles. The van der Waals surface area contributed by atoms with Crippen molar-refractivity contribution in [3.63, 3.8) is 0 Å². The smallest absolute Gasteiger partial charge is 0.159 e. The van der Waals surface area contributed by atoms with Crippen LogP contribution in [-0.4, -0.2) is 12.3 Å². The van der Waals surface area contributed by atoms with Gasteiger partial charge in [0.15, 0.2) is 12.3 Å². The summed E-state index contributed by atoms with van der Waals surface area (Å²) in [6.07, 6.45) is 4.99. The lowest BCUT2D eigenvalue weighted by Crippen LogP contribution is -2.26. The van der Waals surface area contributed by atoms with E-state index in [1.165, 1.54) is 6.08 Å². The predicted octanol–water partition coefficient (Wildman–Crippen LogP) is 2.49. The summed E-state index contributed by atoms with van der Waals surface area (Å²) in [5.74, 6) is 5.97. The van der Waals surface area contributed by atoms with E-state index >= 15 is 0 Å². The molecule has 0 aromatic heterocycles. The van der Waals surface area contributed by atoms with Crippen molar-refractivity contribution in [3.8, 4) is 5.75 Å². The summed E-state index contributed by atoms with van der Waals surface area (Å²) in [6.45, 7) is 1.89. The first-order valence-electron chi connectivity index (χ1n) is 5.43. The number of hydrazine groups is 1. The topological polar surface area (TPSA) is 47.3 Å². The van der Waals surface area contributed by atoms with E-state index in [4.69, 9.17) is 10.6 Å². The fourth-order valence-corrected chi connectivity index (χ4v) is 1.68. The summed E-state index contributed by atoms with van der Waals surface area (Å²) < 4.78 is 19.1. The number of hydrogen-bond donors (Lipinski definition) is 2. The van der Waals surface area contributed by atoms with Crippen molar-refractivity contribution in [2.45, 2.75) is 19.2 Å². The van der Waals surface area contributed by atoms with E-state index in [9.17, 15) is 4.39 Å². The monoisotopic (exact) mass is 234 g/mol. The molecule has 0 amide bonds. The van der Waals surface area contributed by atoms with Crippen LogP contribution in [0.5, 0.6) is 5.75 Å². The summed E-state index contributed by atoms with van der Waals surface area (Å²) in [6, 6.07) is 5.42. The van der Waals surface area contributed by atoms with E-state index < -0.39 is 12.3 Å². The Hall–Kier alpha value is -1.81. The molecule has 0 heterocycles. The molecule has 3 nitrogen and oxygen atoms in total. The number of hydrogen-bond acceptors (Lipinski definition) is 3. The molecule has 2 unspecified atom stereocenters. The number of rotatable bonds is 3. The van der Waals surface area contributed by atoms with Gasteiger partial charge in [-0.15, -0.1) is 0 Å². The quantitative estimate of drug-likeness (QED) is 0.624. The third-order valence-electron chi connectivity index (χ3n) is 2.63. The third kappa shape index (κ3) is 2.65. The van der Waals surface area contributed by atoms with Gasteiger partial charge in [0, 0.05) is 5.69 Å². The number of allylic oxidation sites excluding steroid dienone is 2. The lowest BCUT2D eigenvalue weighted by Gasteiger charge is -2.20. The molecule has 0 aliphatic heterocycles. The van der Waals surface area contributed by atoms with E-state index in [1.54, 1.807) is 30.4 Å². The van der Waals surface area contributed by atoms with Crippen LogP contribution < -0.4 is 16.0 Å². The SMILES string of the molecule is Cc1cc(NN)ccc1OC1C=CC=CC1F. The Labute approximate surface area is 99.7 Å². The number of anilines is 1. The average molecular weight is 234 g/mol. The average Bonchev–Trinajstić information content (AvgIpc) is 2.34. The summed E-state index contributed by atoms with van der Waals surface area (Å²) in [7, 11) is 0. The van der Waals surface area contributed by atoms with Gasteiger partial charge in [-0.25, -0.2) is 4.39 Å². The molecule has 1 aliphatic rings. The maximum atomic E-state index is 13.5. The lowest BCUT2D eigenvalue weighted by atomic mass is 10.1. The number of aryl methyl sites for hydroxylation is 1. The first-order valence-corrected chi connectivity index (χ1v) is 5.43. The number of nitrogens with one attached hydrogen (secondary N) is 1. The van der Waals surface area contributed by atoms with E-state index in [-0.39, 0.29) is 0 Å². The first-order chi connectivity index (χ1) is 8.20. The number of nitrogens with two attached hydrogens (primary N) is 1. The summed E-state index contributed by atoms with van der Waals surface area (Å²) in [5, 5.41) is 0. The standard InChI is InChI=1S/C13H15FN2O/c1-9-8-10(16-15)6-7-12(9)17-13-5-3-2-4-11(13)14/h2-8,11,13,16H,15H2,1H3. The molecular formula is C13H15FN2O. The normalized spacial score (nSPS) is 22.5. The molecule has 1 aromatic carbocycles. The van der Waals surface area contributed by atoms with E-state index in [0.29, 0.717) is 5.75 Å². The molecule has 2 rings (SSSR count). The first kappa shape index (κ1) is 11.7. The van der Waals surface area contributed by atoms with Gasteiger partial charge in [-0.1, -0.05) is 12.2 Å². The van der Waals surface area contributed by atoms with Gasteiger partial charge in [0.05, 0.1) is 0 Å². The largest absolute Gasteiger partial charge is 0.483 e. The molecule has 0 fully saturated rings. The Balaban J connectivity index is 2.13. The number of ether oxygens (including phenoxy) is 1. The van der Waals surface area contributed by atoms with E-state index in [2.05, 4.69) is 5.43 Å². The fourth-order valence-electron chi connectivity index (χ4n) is 1.68. The van der Waals surface area contributed by atoms with Crippen LogP contribution in [0.1, 0.15) is 5.56 Å². The van der Waals surface area contributed by atoms with E-state index in [0.717, 1.165) is 11.3 Å². The van der Waals surface area contributed by atoms with Crippen molar-refractivity contribution in [2.24, 2.45) is 5.84 Å². The molecule has 0 saturated carbocycles. The zero-order valence-electron chi connectivity index (χ0n) is 9.56. The van der Waals surface area contributed by atoms with Crippen molar-refractivity contribution >= 4 is 5.69 Å².